The van der Waals surface area contributed by atoms with Crippen LogP contribution in [0.25, 0.3) is 0 Å². The summed E-state index contributed by atoms with van der Waals surface area (Å²) in [6.07, 6.45) is 0.629. The van der Waals surface area contributed by atoms with Crippen molar-refractivity contribution in [2.45, 2.75) is 17.2 Å². The van der Waals surface area contributed by atoms with Crippen molar-refractivity contribution in [3.8, 4) is 11.5 Å². The number of fused-ring (bicyclic) bond motifs is 1. The second-order valence-electron chi connectivity index (χ2n) is 7.03. The molecule has 1 aliphatic heterocycles. The van der Waals surface area contributed by atoms with Gasteiger partial charge in [-0.2, -0.15) is 4.31 Å². The molecular weight excluding hydrogens is 436 g/mol. The van der Waals surface area contributed by atoms with E-state index in [4.69, 9.17) is 9.47 Å². The van der Waals surface area contributed by atoms with Crippen LogP contribution in [0, 0.1) is 0 Å². The van der Waals surface area contributed by atoms with Crippen LogP contribution in [0.1, 0.15) is 21.5 Å². The molecule has 0 bridgehead atoms. The lowest BCUT2D eigenvalue weighted by Crippen LogP contribution is -2.35. The van der Waals surface area contributed by atoms with Crippen molar-refractivity contribution in [1.82, 2.24) is 4.31 Å². The molecule has 0 radical (unpaired) electrons. The number of rotatable bonds is 6. The molecule has 0 aliphatic carbocycles. The van der Waals surface area contributed by atoms with E-state index >= 15 is 0 Å². The van der Waals surface area contributed by atoms with E-state index in [1.165, 1.54) is 29.9 Å². The summed E-state index contributed by atoms with van der Waals surface area (Å²) in [7, 11) is -0.469. The normalized spacial score (nSPS) is 14.0. The molecule has 1 aliphatic rings. The Morgan fingerprint density at radius 1 is 1.03 bits per heavy atom. The van der Waals surface area contributed by atoms with Crippen molar-refractivity contribution < 1.29 is 22.7 Å². The predicted molar refractivity (Wildman–Crippen MR) is 120 cm³/mol. The van der Waals surface area contributed by atoms with E-state index in [1.807, 2.05) is 18.2 Å². The first-order valence-electron chi connectivity index (χ1n) is 9.61. The summed E-state index contributed by atoms with van der Waals surface area (Å²) in [4.78, 5) is 12.7. The maximum Gasteiger partial charge on any atom is 0.255 e. The molecule has 0 saturated heterocycles. The van der Waals surface area contributed by atoms with Crippen molar-refractivity contribution in [1.29, 1.82) is 0 Å². The molecule has 3 aromatic rings. The van der Waals surface area contributed by atoms with Crippen LogP contribution in [0.5, 0.6) is 11.5 Å². The van der Waals surface area contributed by atoms with Crippen LogP contribution in [-0.2, 0) is 23.0 Å². The third-order valence-electron chi connectivity index (χ3n) is 5.18. The number of anilines is 1. The number of carbonyl (C=O) groups is 1. The average molecular weight is 459 g/mol. The second kappa shape index (κ2) is 8.70. The SMILES string of the molecule is COc1ccc(C(=O)Nc2ccc3c(c2)CN(S(=O)(=O)c2cccs2)CC3)cc1OC. The van der Waals surface area contributed by atoms with E-state index in [2.05, 4.69) is 5.32 Å². The zero-order chi connectivity index (χ0) is 22.0. The summed E-state index contributed by atoms with van der Waals surface area (Å²) < 4.78 is 38.0. The molecule has 7 nitrogen and oxygen atoms in total. The lowest BCUT2D eigenvalue weighted by Gasteiger charge is -2.28. The number of benzene rings is 2. The van der Waals surface area contributed by atoms with Gasteiger partial charge in [-0.15, -0.1) is 11.3 Å². The molecule has 2 aromatic carbocycles. The molecule has 162 valence electrons. The Hall–Kier alpha value is -2.88. The van der Waals surface area contributed by atoms with E-state index < -0.39 is 10.0 Å². The van der Waals surface area contributed by atoms with Gasteiger partial charge in [-0.25, -0.2) is 8.42 Å². The van der Waals surface area contributed by atoms with E-state index in [1.54, 1.807) is 35.7 Å². The summed E-state index contributed by atoms with van der Waals surface area (Å²) in [5.41, 5.74) is 3.00. The number of nitrogens with one attached hydrogen (secondary N) is 1. The van der Waals surface area contributed by atoms with E-state index in [9.17, 15) is 13.2 Å². The van der Waals surface area contributed by atoms with Gasteiger partial charge >= 0.3 is 0 Å². The van der Waals surface area contributed by atoms with Gasteiger partial charge in [0, 0.05) is 24.3 Å². The summed E-state index contributed by atoms with van der Waals surface area (Å²) in [5.74, 6) is 0.717. The monoisotopic (exact) mass is 458 g/mol. The minimum atomic E-state index is -3.52. The van der Waals surface area contributed by atoms with Crippen LogP contribution >= 0.6 is 11.3 Å². The number of hydrogen-bond acceptors (Lipinski definition) is 6. The Bertz CT molecular complexity index is 1210. The Balaban J connectivity index is 1.53. The van der Waals surface area contributed by atoms with Gasteiger partial charge in [0.2, 0.25) is 0 Å². The maximum absolute atomic E-state index is 12.9. The number of amides is 1. The molecule has 0 saturated carbocycles. The van der Waals surface area contributed by atoms with Gasteiger partial charge < -0.3 is 14.8 Å². The second-order valence-corrected chi connectivity index (χ2v) is 10.1. The Morgan fingerprint density at radius 2 is 1.84 bits per heavy atom. The van der Waals surface area contributed by atoms with Crippen molar-refractivity contribution in [3.05, 3.63) is 70.6 Å². The fraction of sp³-hybridized carbons (Fsp3) is 0.227. The van der Waals surface area contributed by atoms with Gasteiger partial charge in [0.1, 0.15) is 4.21 Å². The zero-order valence-electron chi connectivity index (χ0n) is 17.1. The molecule has 1 amide bonds. The first kappa shape index (κ1) is 21.4. The molecule has 0 unspecified atom stereocenters. The topological polar surface area (TPSA) is 84.9 Å². The highest BCUT2D eigenvalue weighted by molar-refractivity contribution is 7.91. The quantitative estimate of drug-likeness (QED) is 0.608. The lowest BCUT2D eigenvalue weighted by atomic mass is 10.0. The van der Waals surface area contributed by atoms with Gasteiger partial charge in [0.15, 0.2) is 11.5 Å². The highest BCUT2D eigenvalue weighted by atomic mass is 32.2. The van der Waals surface area contributed by atoms with Crippen molar-refractivity contribution in [2.24, 2.45) is 0 Å². The predicted octanol–water partition coefficient (Wildman–Crippen LogP) is 3.76. The Labute approximate surface area is 185 Å². The molecule has 0 spiro atoms. The van der Waals surface area contributed by atoms with E-state index in [-0.39, 0.29) is 12.5 Å². The van der Waals surface area contributed by atoms with Gasteiger partial charge in [0.25, 0.3) is 15.9 Å². The molecule has 0 atom stereocenters. The highest BCUT2D eigenvalue weighted by Gasteiger charge is 2.29. The van der Waals surface area contributed by atoms with Gasteiger partial charge in [-0.05, 0) is 59.3 Å². The molecule has 1 aromatic heterocycles. The molecule has 1 N–H and O–H groups in total. The molecule has 2 heterocycles. The number of hydrogen-bond donors (Lipinski definition) is 1. The smallest absolute Gasteiger partial charge is 0.255 e. The number of ether oxygens (including phenoxy) is 2. The summed E-state index contributed by atoms with van der Waals surface area (Å²) in [5, 5.41) is 4.63. The maximum atomic E-state index is 12.9. The fourth-order valence-corrected chi connectivity index (χ4v) is 6.10. The summed E-state index contributed by atoms with van der Waals surface area (Å²) >= 11 is 1.21. The van der Waals surface area contributed by atoms with Gasteiger partial charge in [-0.1, -0.05) is 12.1 Å². The average Bonchev–Trinajstić information content (AvgIpc) is 3.34. The van der Waals surface area contributed by atoms with Crippen molar-refractivity contribution >= 4 is 33.0 Å². The Kier molecular flexibility index (Phi) is 5.99. The van der Waals surface area contributed by atoms with Crippen LogP contribution in [0.15, 0.2) is 58.1 Å². The van der Waals surface area contributed by atoms with Crippen LogP contribution in [-0.4, -0.2) is 39.4 Å². The minimum Gasteiger partial charge on any atom is -0.493 e. The molecular formula is C22H22N2O5S2. The van der Waals surface area contributed by atoms with Crippen LogP contribution in [0.3, 0.4) is 0 Å². The van der Waals surface area contributed by atoms with E-state index in [0.29, 0.717) is 39.9 Å². The van der Waals surface area contributed by atoms with Crippen molar-refractivity contribution in [2.75, 3.05) is 26.1 Å². The largest absolute Gasteiger partial charge is 0.493 e. The third-order valence-corrected chi connectivity index (χ3v) is 8.39. The fourth-order valence-electron chi connectivity index (χ4n) is 3.53. The zero-order valence-corrected chi connectivity index (χ0v) is 18.8. The summed E-state index contributed by atoms with van der Waals surface area (Å²) in [6.45, 7) is 0.709. The molecule has 31 heavy (non-hydrogen) atoms. The molecule has 9 heteroatoms. The van der Waals surface area contributed by atoms with Gasteiger partial charge in [0.05, 0.1) is 14.2 Å². The third kappa shape index (κ3) is 4.30. The number of nitrogens with zero attached hydrogens (tertiary/aromatic N) is 1. The minimum absolute atomic E-state index is 0.273. The summed E-state index contributed by atoms with van der Waals surface area (Å²) in [6, 6.07) is 13.9. The first-order chi connectivity index (χ1) is 14.9. The number of carbonyl (C=O) groups excluding carboxylic acids is 1. The molecule has 4 rings (SSSR count). The van der Waals surface area contributed by atoms with Crippen LogP contribution in [0.2, 0.25) is 0 Å². The highest BCUT2D eigenvalue weighted by Crippen LogP contribution is 2.30. The van der Waals surface area contributed by atoms with Gasteiger partial charge in [-0.3, -0.25) is 4.79 Å². The first-order valence-corrected chi connectivity index (χ1v) is 11.9. The lowest BCUT2D eigenvalue weighted by molar-refractivity contribution is 0.102. The number of sulfonamides is 1. The van der Waals surface area contributed by atoms with Crippen LogP contribution in [0.4, 0.5) is 5.69 Å². The van der Waals surface area contributed by atoms with Crippen LogP contribution < -0.4 is 14.8 Å². The van der Waals surface area contributed by atoms with E-state index in [0.717, 1.165) is 11.1 Å². The Morgan fingerprint density at radius 3 is 2.55 bits per heavy atom. The number of methoxy groups -OCH3 is 2. The standard InChI is InChI=1S/C22H22N2O5S2/c1-28-19-8-6-16(13-20(19)29-2)22(25)23-18-7-5-15-9-10-24(14-17(15)12-18)31(26,27)21-4-3-11-30-21/h3-8,11-13H,9-10,14H2,1-2H3,(H,23,25). The number of thiophene rings is 1. The molecule has 0 fully saturated rings. The van der Waals surface area contributed by atoms with Crippen molar-refractivity contribution in [3.63, 3.8) is 0 Å².